The first-order valence-corrected chi connectivity index (χ1v) is 10.5. The molecule has 2 aromatic rings. The van der Waals surface area contributed by atoms with Gasteiger partial charge in [0, 0.05) is 27.8 Å². The van der Waals surface area contributed by atoms with Crippen molar-refractivity contribution in [1.29, 1.82) is 0 Å². The summed E-state index contributed by atoms with van der Waals surface area (Å²) in [6, 6.07) is 12.3. The van der Waals surface area contributed by atoms with Gasteiger partial charge < -0.3 is 10.6 Å². The van der Waals surface area contributed by atoms with E-state index < -0.39 is 11.9 Å². The molecule has 2 amide bonds. The molecule has 1 saturated heterocycles. The zero-order chi connectivity index (χ0) is 19.4. The van der Waals surface area contributed by atoms with Gasteiger partial charge in [0.1, 0.15) is 6.04 Å². The van der Waals surface area contributed by atoms with Crippen LogP contribution in [0.1, 0.15) is 35.2 Å². The van der Waals surface area contributed by atoms with Gasteiger partial charge in [-0.05, 0) is 55.2 Å². The summed E-state index contributed by atoms with van der Waals surface area (Å²) in [4.78, 5) is 26.9. The monoisotopic (exact) mass is 422 g/mol. The Balaban J connectivity index is 1.66. The van der Waals surface area contributed by atoms with Crippen molar-refractivity contribution in [2.45, 2.75) is 36.0 Å². The Hall–Kier alpha value is -1.69. The number of primary amides is 1. The van der Waals surface area contributed by atoms with Crippen molar-refractivity contribution in [2.24, 2.45) is 5.73 Å². The summed E-state index contributed by atoms with van der Waals surface area (Å²) in [6.07, 6.45) is 2.44. The maximum atomic E-state index is 12.8. The number of piperidine rings is 1. The van der Waals surface area contributed by atoms with Crippen molar-refractivity contribution in [3.63, 3.8) is 0 Å². The van der Waals surface area contributed by atoms with Gasteiger partial charge in [-0.1, -0.05) is 35.3 Å². The molecule has 7 heteroatoms. The van der Waals surface area contributed by atoms with Crippen molar-refractivity contribution in [1.82, 2.24) is 4.90 Å². The minimum absolute atomic E-state index is 0.143. The molecule has 1 unspecified atom stereocenters. The van der Waals surface area contributed by atoms with Crippen molar-refractivity contribution < 1.29 is 9.59 Å². The van der Waals surface area contributed by atoms with Crippen LogP contribution in [0.5, 0.6) is 0 Å². The van der Waals surface area contributed by atoms with Crippen LogP contribution in [-0.2, 0) is 10.5 Å². The van der Waals surface area contributed by atoms with Crippen molar-refractivity contribution in [3.8, 4) is 0 Å². The molecule has 27 heavy (non-hydrogen) atoms. The van der Waals surface area contributed by atoms with Crippen LogP contribution in [0.15, 0.2) is 47.4 Å². The van der Waals surface area contributed by atoms with E-state index in [9.17, 15) is 9.59 Å². The van der Waals surface area contributed by atoms with Crippen molar-refractivity contribution >= 4 is 46.8 Å². The van der Waals surface area contributed by atoms with E-state index >= 15 is 0 Å². The Labute approximate surface area is 173 Å². The first kappa shape index (κ1) is 20.1. The fourth-order valence-corrected chi connectivity index (χ4v) is 4.58. The summed E-state index contributed by atoms with van der Waals surface area (Å²) in [5.74, 6) is 0.132. The number of carbonyl (C=O) groups excluding carboxylic acids is 2. The molecule has 0 aliphatic carbocycles. The molecule has 1 aliphatic heterocycles. The van der Waals surface area contributed by atoms with Crippen LogP contribution >= 0.6 is 35.0 Å². The number of benzene rings is 2. The predicted octanol–water partition coefficient (Wildman–Crippen LogP) is 4.77. The zero-order valence-corrected chi connectivity index (χ0v) is 17.0. The number of rotatable bonds is 5. The van der Waals surface area contributed by atoms with Crippen molar-refractivity contribution in [3.05, 3.63) is 63.6 Å². The van der Waals surface area contributed by atoms with E-state index in [2.05, 4.69) is 0 Å². The average Bonchev–Trinajstić information content (AvgIpc) is 2.68. The molecule has 2 N–H and O–H groups in total. The number of nitrogens with two attached hydrogens (primary N) is 1. The Bertz CT molecular complexity index is 842. The smallest absolute Gasteiger partial charge is 0.254 e. The van der Waals surface area contributed by atoms with Crippen LogP contribution in [-0.4, -0.2) is 29.3 Å². The highest BCUT2D eigenvalue weighted by Crippen LogP contribution is 2.32. The molecule has 1 heterocycles. The van der Waals surface area contributed by atoms with Crippen LogP contribution in [0.3, 0.4) is 0 Å². The van der Waals surface area contributed by atoms with Crippen LogP contribution in [0.4, 0.5) is 0 Å². The van der Waals surface area contributed by atoms with E-state index in [1.807, 2.05) is 18.2 Å². The molecular weight excluding hydrogens is 403 g/mol. The fraction of sp³-hybridized carbons (Fsp3) is 0.300. The van der Waals surface area contributed by atoms with Gasteiger partial charge in [0.05, 0.1) is 5.02 Å². The summed E-state index contributed by atoms with van der Waals surface area (Å²) in [6.45, 7) is 0.567. The highest BCUT2D eigenvalue weighted by Gasteiger charge is 2.31. The number of hydrogen-bond donors (Lipinski definition) is 1. The Morgan fingerprint density at radius 1 is 1.11 bits per heavy atom. The minimum atomic E-state index is -0.508. The first-order valence-electron chi connectivity index (χ1n) is 8.73. The largest absolute Gasteiger partial charge is 0.368 e. The van der Waals surface area contributed by atoms with Gasteiger partial charge in [-0.2, -0.15) is 0 Å². The van der Waals surface area contributed by atoms with Gasteiger partial charge in [0.25, 0.3) is 5.91 Å². The molecule has 4 nitrogen and oxygen atoms in total. The lowest BCUT2D eigenvalue weighted by atomic mass is 10.00. The lowest BCUT2D eigenvalue weighted by Crippen LogP contribution is -2.50. The Morgan fingerprint density at radius 2 is 1.85 bits per heavy atom. The highest BCUT2D eigenvalue weighted by molar-refractivity contribution is 7.98. The number of thioether (sulfide) groups is 1. The van der Waals surface area contributed by atoms with Gasteiger partial charge in [-0.25, -0.2) is 0 Å². The summed E-state index contributed by atoms with van der Waals surface area (Å²) >= 11 is 13.8. The fourth-order valence-electron chi connectivity index (χ4n) is 3.13. The SMILES string of the molecule is NC(=O)C1CCCCN1C(=O)c1ccc(CSc2cc(Cl)ccc2Cl)cc1. The van der Waals surface area contributed by atoms with Gasteiger partial charge >= 0.3 is 0 Å². The lowest BCUT2D eigenvalue weighted by Gasteiger charge is -2.33. The van der Waals surface area contributed by atoms with Crippen LogP contribution in [0.2, 0.25) is 10.0 Å². The summed E-state index contributed by atoms with van der Waals surface area (Å²) in [5.41, 5.74) is 7.09. The molecule has 0 radical (unpaired) electrons. The maximum absolute atomic E-state index is 12.8. The zero-order valence-electron chi connectivity index (χ0n) is 14.7. The average molecular weight is 423 g/mol. The van der Waals surface area contributed by atoms with Crippen LogP contribution < -0.4 is 5.73 Å². The van der Waals surface area contributed by atoms with E-state index in [-0.39, 0.29) is 5.91 Å². The standard InChI is InChI=1S/C20H20Cl2N2O2S/c21-15-8-9-16(22)18(11-15)27-12-13-4-6-14(7-5-13)20(26)24-10-2-1-3-17(24)19(23)25/h4-9,11,17H,1-3,10,12H2,(H2,23,25). The number of halogens is 2. The van der Waals surface area contributed by atoms with Crippen LogP contribution in [0.25, 0.3) is 0 Å². The second-order valence-electron chi connectivity index (χ2n) is 6.47. The van der Waals surface area contributed by atoms with Crippen LogP contribution in [0, 0.1) is 0 Å². The maximum Gasteiger partial charge on any atom is 0.254 e. The molecule has 3 rings (SSSR count). The quantitative estimate of drug-likeness (QED) is 0.705. The molecule has 142 valence electrons. The normalized spacial score (nSPS) is 17.0. The molecule has 1 aliphatic rings. The van der Waals surface area contributed by atoms with Gasteiger partial charge in [-0.3, -0.25) is 9.59 Å². The number of likely N-dealkylation sites (tertiary alicyclic amines) is 1. The topological polar surface area (TPSA) is 63.4 Å². The Morgan fingerprint density at radius 3 is 2.56 bits per heavy atom. The van der Waals surface area contributed by atoms with Gasteiger partial charge in [-0.15, -0.1) is 11.8 Å². The van der Waals surface area contributed by atoms with E-state index in [0.29, 0.717) is 34.3 Å². The van der Waals surface area contributed by atoms with E-state index in [4.69, 9.17) is 28.9 Å². The molecule has 0 aromatic heterocycles. The van der Waals surface area contributed by atoms with E-state index in [0.717, 1.165) is 23.3 Å². The second-order valence-corrected chi connectivity index (χ2v) is 8.33. The highest BCUT2D eigenvalue weighted by atomic mass is 35.5. The molecule has 0 spiro atoms. The summed E-state index contributed by atoms with van der Waals surface area (Å²) < 4.78 is 0. The van der Waals surface area contributed by atoms with Gasteiger partial charge in [0.2, 0.25) is 5.91 Å². The third-order valence-corrected chi connectivity index (χ3v) is 6.38. The molecule has 0 saturated carbocycles. The number of carbonyl (C=O) groups is 2. The molecule has 2 aromatic carbocycles. The first-order chi connectivity index (χ1) is 13.0. The molecule has 0 bridgehead atoms. The lowest BCUT2D eigenvalue weighted by molar-refractivity contribution is -0.123. The Kier molecular flexibility index (Phi) is 6.68. The van der Waals surface area contributed by atoms with Gasteiger partial charge in [0.15, 0.2) is 0 Å². The van der Waals surface area contributed by atoms with E-state index in [1.54, 1.807) is 40.9 Å². The van der Waals surface area contributed by atoms with Crippen molar-refractivity contribution in [2.75, 3.05) is 6.54 Å². The molecular formula is C20H20Cl2N2O2S. The number of hydrogen-bond acceptors (Lipinski definition) is 3. The third-order valence-electron chi connectivity index (χ3n) is 4.58. The number of amides is 2. The summed E-state index contributed by atoms with van der Waals surface area (Å²) in [7, 11) is 0. The molecule has 1 fully saturated rings. The predicted molar refractivity (Wildman–Crippen MR) is 110 cm³/mol. The second kappa shape index (κ2) is 9.00. The third kappa shape index (κ3) is 4.98. The number of nitrogens with zero attached hydrogens (tertiary/aromatic N) is 1. The minimum Gasteiger partial charge on any atom is -0.368 e. The van der Waals surface area contributed by atoms with E-state index in [1.165, 1.54) is 0 Å². The molecule has 1 atom stereocenters. The summed E-state index contributed by atoms with van der Waals surface area (Å²) in [5, 5.41) is 1.31.